The van der Waals surface area contributed by atoms with Gasteiger partial charge >= 0.3 is 0 Å². The van der Waals surface area contributed by atoms with Crippen LogP contribution in [-0.2, 0) is 10.0 Å². The van der Waals surface area contributed by atoms with Crippen molar-refractivity contribution in [2.24, 2.45) is 0 Å². The molecule has 0 radical (unpaired) electrons. The molecular weight excluding hydrogens is 244 g/mol. The molecule has 0 aromatic rings. The third-order valence-electron chi connectivity index (χ3n) is 2.92. The van der Waals surface area contributed by atoms with Crippen LogP contribution >= 0.6 is 11.8 Å². The van der Waals surface area contributed by atoms with Crippen LogP contribution in [0.2, 0.25) is 0 Å². The van der Waals surface area contributed by atoms with E-state index in [0.29, 0.717) is 12.6 Å². The van der Waals surface area contributed by atoms with E-state index in [4.69, 9.17) is 0 Å². The molecule has 1 fully saturated rings. The number of thioether (sulfide) groups is 1. The second-order valence-corrected chi connectivity index (χ2v) is 7.39. The van der Waals surface area contributed by atoms with Gasteiger partial charge in [0, 0.05) is 18.3 Å². The molecule has 0 bridgehead atoms. The quantitative estimate of drug-likeness (QED) is 0.691. The number of sulfonamides is 1. The van der Waals surface area contributed by atoms with Crippen LogP contribution in [0.5, 0.6) is 0 Å². The van der Waals surface area contributed by atoms with Gasteiger partial charge in [0.2, 0.25) is 10.0 Å². The van der Waals surface area contributed by atoms with E-state index in [9.17, 15) is 8.42 Å². The molecule has 0 saturated carbocycles. The molecule has 0 aromatic heterocycles. The van der Waals surface area contributed by atoms with Crippen LogP contribution in [0.3, 0.4) is 0 Å². The highest BCUT2D eigenvalue weighted by Gasteiger charge is 2.19. The summed E-state index contributed by atoms with van der Waals surface area (Å²) in [4.78, 5) is 2.35. The summed E-state index contributed by atoms with van der Waals surface area (Å²) in [7, 11) is -0.879. The standard InChI is InChI=1S/C10H22N2O2S2/c1-3-16(13,14)11-6-4-7-12(2)10-5-8-15-9-10/h10-11H,3-9H2,1-2H3/t10-/m0/s1. The molecule has 0 spiro atoms. The molecular formula is C10H22N2O2S2. The lowest BCUT2D eigenvalue weighted by Crippen LogP contribution is -2.34. The third kappa shape index (κ3) is 5.03. The first-order chi connectivity index (χ1) is 7.55. The van der Waals surface area contributed by atoms with Gasteiger partial charge in [0.25, 0.3) is 0 Å². The van der Waals surface area contributed by atoms with Crippen molar-refractivity contribution in [1.29, 1.82) is 0 Å². The Labute approximate surface area is 103 Å². The Morgan fingerprint density at radius 3 is 2.81 bits per heavy atom. The van der Waals surface area contributed by atoms with Gasteiger partial charge in [-0.2, -0.15) is 11.8 Å². The van der Waals surface area contributed by atoms with Gasteiger partial charge in [0.15, 0.2) is 0 Å². The molecule has 4 nitrogen and oxygen atoms in total. The predicted octanol–water partition coefficient (Wildman–Crippen LogP) is 0.753. The maximum absolute atomic E-state index is 11.2. The fourth-order valence-corrected chi connectivity index (χ4v) is 3.67. The number of hydrogen-bond donors (Lipinski definition) is 1. The van der Waals surface area contributed by atoms with Crippen molar-refractivity contribution in [3.05, 3.63) is 0 Å². The van der Waals surface area contributed by atoms with Crippen LogP contribution in [0, 0.1) is 0 Å². The maximum Gasteiger partial charge on any atom is 0.211 e. The lowest BCUT2D eigenvalue weighted by molar-refractivity contribution is 0.260. The Bertz CT molecular complexity index is 287. The molecule has 1 saturated heterocycles. The number of rotatable bonds is 7. The average molecular weight is 266 g/mol. The maximum atomic E-state index is 11.2. The smallest absolute Gasteiger partial charge is 0.211 e. The SMILES string of the molecule is CCS(=O)(=O)NCCCN(C)[C@H]1CCSC1. The second kappa shape index (κ2) is 6.83. The summed E-state index contributed by atoms with van der Waals surface area (Å²) >= 11 is 2.00. The normalized spacial score (nSPS) is 21.8. The van der Waals surface area contributed by atoms with E-state index in [0.717, 1.165) is 13.0 Å². The highest BCUT2D eigenvalue weighted by atomic mass is 32.2. The van der Waals surface area contributed by atoms with Crippen molar-refractivity contribution >= 4 is 21.8 Å². The fourth-order valence-electron chi connectivity index (χ4n) is 1.71. The molecule has 1 aliphatic rings. The number of hydrogen-bond acceptors (Lipinski definition) is 4. The largest absolute Gasteiger partial charge is 0.303 e. The molecule has 1 heterocycles. The first kappa shape index (κ1) is 14.3. The number of nitrogens with one attached hydrogen (secondary N) is 1. The van der Waals surface area contributed by atoms with Gasteiger partial charge < -0.3 is 4.90 Å². The molecule has 0 aromatic carbocycles. The molecule has 1 aliphatic heterocycles. The van der Waals surface area contributed by atoms with E-state index in [1.165, 1.54) is 17.9 Å². The Morgan fingerprint density at radius 2 is 2.25 bits per heavy atom. The van der Waals surface area contributed by atoms with Gasteiger partial charge in [0.05, 0.1) is 5.75 Å². The zero-order chi connectivity index (χ0) is 12.0. The van der Waals surface area contributed by atoms with E-state index >= 15 is 0 Å². The van der Waals surface area contributed by atoms with E-state index in [1.807, 2.05) is 11.8 Å². The summed E-state index contributed by atoms with van der Waals surface area (Å²) in [6.45, 7) is 3.18. The predicted molar refractivity (Wildman–Crippen MR) is 70.4 cm³/mol. The summed E-state index contributed by atoms with van der Waals surface area (Å²) in [6, 6.07) is 0.688. The average Bonchev–Trinajstić information content (AvgIpc) is 2.77. The molecule has 16 heavy (non-hydrogen) atoms. The van der Waals surface area contributed by atoms with Gasteiger partial charge in [-0.05, 0) is 39.1 Å². The lowest BCUT2D eigenvalue weighted by atomic mass is 10.2. The van der Waals surface area contributed by atoms with E-state index in [-0.39, 0.29) is 5.75 Å². The van der Waals surface area contributed by atoms with Crippen molar-refractivity contribution in [2.45, 2.75) is 25.8 Å². The summed E-state index contributed by atoms with van der Waals surface area (Å²) in [5.41, 5.74) is 0. The summed E-state index contributed by atoms with van der Waals surface area (Å²) in [5, 5.41) is 0. The third-order valence-corrected chi connectivity index (χ3v) is 5.47. The van der Waals surface area contributed by atoms with Crippen molar-refractivity contribution in [1.82, 2.24) is 9.62 Å². The minimum Gasteiger partial charge on any atom is -0.303 e. The van der Waals surface area contributed by atoms with Crippen LogP contribution in [0.1, 0.15) is 19.8 Å². The van der Waals surface area contributed by atoms with Gasteiger partial charge in [-0.15, -0.1) is 0 Å². The van der Waals surface area contributed by atoms with Crippen LogP contribution in [0.4, 0.5) is 0 Å². The van der Waals surface area contributed by atoms with Gasteiger partial charge in [0.1, 0.15) is 0 Å². The highest BCUT2D eigenvalue weighted by molar-refractivity contribution is 7.99. The van der Waals surface area contributed by atoms with E-state index in [1.54, 1.807) is 6.92 Å². The van der Waals surface area contributed by atoms with Crippen LogP contribution in [-0.4, -0.2) is 56.8 Å². The molecule has 96 valence electrons. The molecule has 0 aliphatic carbocycles. The van der Waals surface area contributed by atoms with Crippen LogP contribution < -0.4 is 4.72 Å². The zero-order valence-electron chi connectivity index (χ0n) is 10.1. The molecule has 6 heteroatoms. The fraction of sp³-hybridized carbons (Fsp3) is 1.00. The molecule has 1 N–H and O–H groups in total. The Hall–Kier alpha value is 0.220. The summed E-state index contributed by atoms with van der Waals surface area (Å²) in [5.74, 6) is 2.65. The minimum absolute atomic E-state index is 0.169. The van der Waals surface area contributed by atoms with Gasteiger partial charge in [-0.3, -0.25) is 0 Å². The minimum atomic E-state index is -3.01. The first-order valence-corrected chi connectivity index (χ1v) is 8.61. The van der Waals surface area contributed by atoms with E-state index < -0.39 is 10.0 Å². The topological polar surface area (TPSA) is 49.4 Å². The Morgan fingerprint density at radius 1 is 1.50 bits per heavy atom. The Kier molecular flexibility index (Phi) is 6.10. The summed E-state index contributed by atoms with van der Waals surface area (Å²) < 4.78 is 24.9. The zero-order valence-corrected chi connectivity index (χ0v) is 11.7. The molecule has 1 atom stereocenters. The molecule has 1 rings (SSSR count). The van der Waals surface area contributed by atoms with Crippen molar-refractivity contribution < 1.29 is 8.42 Å². The monoisotopic (exact) mass is 266 g/mol. The summed E-state index contributed by atoms with van der Waals surface area (Å²) in [6.07, 6.45) is 2.15. The molecule has 0 amide bonds. The van der Waals surface area contributed by atoms with Crippen molar-refractivity contribution in [3.8, 4) is 0 Å². The van der Waals surface area contributed by atoms with Crippen molar-refractivity contribution in [3.63, 3.8) is 0 Å². The molecule has 0 unspecified atom stereocenters. The van der Waals surface area contributed by atoms with Gasteiger partial charge in [-0.1, -0.05) is 0 Å². The second-order valence-electron chi connectivity index (χ2n) is 4.15. The van der Waals surface area contributed by atoms with Crippen LogP contribution in [0.15, 0.2) is 0 Å². The highest BCUT2D eigenvalue weighted by Crippen LogP contribution is 2.21. The van der Waals surface area contributed by atoms with Crippen LogP contribution in [0.25, 0.3) is 0 Å². The van der Waals surface area contributed by atoms with Gasteiger partial charge in [-0.25, -0.2) is 13.1 Å². The Balaban J connectivity index is 2.11. The van der Waals surface area contributed by atoms with E-state index in [2.05, 4.69) is 16.7 Å². The van der Waals surface area contributed by atoms with Crippen molar-refractivity contribution in [2.75, 3.05) is 37.4 Å². The lowest BCUT2D eigenvalue weighted by Gasteiger charge is -2.23. The first-order valence-electron chi connectivity index (χ1n) is 5.80. The number of nitrogens with zero attached hydrogens (tertiary/aromatic N) is 1.